The number of hydrogen-bond acceptors (Lipinski definition) is 7. The smallest absolute Gasteiger partial charge is 0.335 e. The summed E-state index contributed by atoms with van der Waals surface area (Å²) in [5.41, 5.74) is 1.49. The number of rotatable bonds is 8. The minimum Gasteiger partial charge on any atom is -0.507 e. The fourth-order valence-electron chi connectivity index (χ4n) is 4.53. The number of imidazole rings is 1. The van der Waals surface area contributed by atoms with Crippen molar-refractivity contribution in [3.8, 4) is 11.5 Å². The molecular formula is C29H25N3O7. The Labute approximate surface area is 223 Å². The maximum absolute atomic E-state index is 13.5. The van der Waals surface area contributed by atoms with Gasteiger partial charge in [0.25, 0.3) is 5.78 Å². The van der Waals surface area contributed by atoms with Gasteiger partial charge in [0.2, 0.25) is 5.95 Å². The molecule has 1 saturated heterocycles. The van der Waals surface area contributed by atoms with Crippen molar-refractivity contribution < 1.29 is 34.1 Å². The number of methoxy groups -OCH3 is 1. The Morgan fingerprint density at radius 2 is 1.77 bits per heavy atom. The Kier molecular flexibility index (Phi) is 6.76. The summed E-state index contributed by atoms with van der Waals surface area (Å²) in [7, 11) is 1.50. The summed E-state index contributed by atoms with van der Waals surface area (Å²) in [6.07, 6.45) is 0.794. The summed E-state index contributed by atoms with van der Waals surface area (Å²) < 4.78 is 11.0. The number of carboxylic acids is 1. The molecule has 1 aliphatic heterocycles. The molecule has 5 rings (SSSR count). The predicted octanol–water partition coefficient (Wildman–Crippen LogP) is 4.68. The molecule has 39 heavy (non-hydrogen) atoms. The molecule has 1 atom stereocenters. The summed E-state index contributed by atoms with van der Waals surface area (Å²) in [6.45, 7) is 2.45. The molecule has 0 radical (unpaired) electrons. The van der Waals surface area contributed by atoms with Crippen LogP contribution in [-0.2, 0) is 9.59 Å². The number of ether oxygens (including phenoxy) is 2. The molecule has 198 valence electrons. The molecule has 3 N–H and O–H groups in total. The monoisotopic (exact) mass is 527 g/mol. The number of Topliss-reactive ketones (excluding diaryl/α,β-unsaturated/α-hetero) is 1. The number of aromatic nitrogens is 2. The SMILES string of the molecule is CCCOc1cccc(/C(O)=C2\C(=O)C(=O)N(c3nc4ccc(C(=O)O)cc4[nH]3)C2c2cccc(OC)c2)c1. The number of aliphatic hydroxyl groups is 1. The molecule has 3 aromatic carbocycles. The van der Waals surface area contributed by atoms with Crippen molar-refractivity contribution in [2.45, 2.75) is 19.4 Å². The number of aromatic carboxylic acids is 1. The van der Waals surface area contributed by atoms with Gasteiger partial charge in [-0.2, -0.15) is 0 Å². The van der Waals surface area contributed by atoms with E-state index in [1.807, 2.05) is 6.92 Å². The molecule has 1 unspecified atom stereocenters. The van der Waals surface area contributed by atoms with Gasteiger partial charge in [-0.3, -0.25) is 14.5 Å². The van der Waals surface area contributed by atoms with Crippen LogP contribution >= 0.6 is 0 Å². The molecule has 4 aromatic rings. The molecule has 1 aromatic heterocycles. The predicted molar refractivity (Wildman–Crippen MR) is 143 cm³/mol. The third-order valence-electron chi connectivity index (χ3n) is 6.38. The average Bonchev–Trinajstić information content (AvgIpc) is 3.49. The van der Waals surface area contributed by atoms with Gasteiger partial charge in [-0.05, 0) is 54.4 Å². The van der Waals surface area contributed by atoms with Crippen molar-refractivity contribution in [3.05, 3.63) is 89.0 Å². The topological polar surface area (TPSA) is 142 Å². The fraction of sp³-hybridized carbons (Fsp3) is 0.172. The highest BCUT2D eigenvalue weighted by molar-refractivity contribution is 6.51. The summed E-state index contributed by atoms with van der Waals surface area (Å²) in [5, 5.41) is 20.8. The van der Waals surface area contributed by atoms with E-state index in [-0.39, 0.29) is 22.8 Å². The molecule has 0 saturated carbocycles. The maximum atomic E-state index is 13.5. The molecule has 10 nitrogen and oxygen atoms in total. The first kappa shape index (κ1) is 25.5. The Balaban J connectivity index is 1.69. The molecule has 1 amide bonds. The van der Waals surface area contributed by atoms with Crippen molar-refractivity contribution in [2.75, 3.05) is 18.6 Å². The molecule has 1 aliphatic rings. The number of hydrogen-bond donors (Lipinski definition) is 3. The number of carbonyl (C=O) groups excluding carboxylic acids is 2. The highest BCUT2D eigenvalue weighted by Gasteiger charge is 2.48. The minimum absolute atomic E-state index is 0.0292. The Morgan fingerprint density at radius 3 is 2.51 bits per heavy atom. The van der Waals surface area contributed by atoms with E-state index in [0.29, 0.717) is 40.3 Å². The van der Waals surface area contributed by atoms with Gasteiger partial charge in [0.1, 0.15) is 17.3 Å². The lowest BCUT2D eigenvalue weighted by molar-refractivity contribution is -0.132. The standard InChI is InChI=1S/C29H25N3O7/c1-3-12-39-20-9-5-7-17(14-20)25(33)23-24(16-6-4-8-19(13-16)38-2)32(27(35)26(23)34)29-30-21-11-10-18(28(36)37)15-22(21)31-29/h4-11,13-15,24,33H,3,12H2,1-2H3,(H,30,31)(H,36,37)/b25-23+. The minimum atomic E-state index is -1.12. The third kappa shape index (κ3) is 4.68. The number of anilines is 1. The van der Waals surface area contributed by atoms with E-state index in [0.717, 1.165) is 6.42 Å². The highest BCUT2D eigenvalue weighted by Crippen LogP contribution is 2.42. The normalized spacial score (nSPS) is 16.6. The maximum Gasteiger partial charge on any atom is 0.335 e. The van der Waals surface area contributed by atoms with Crippen LogP contribution in [-0.4, -0.2) is 51.6 Å². The first-order valence-corrected chi connectivity index (χ1v) is 12.2. The van der Waals surface area contributed by atoms with E-state index in [4.69, 9.17) is 9.47 Å². The Morgan fingerprint density at radius 1 is 1.00 bits per heavy atom. The number of H-pyrrole nitrogens is 1. The van der Waals surface area contributed by atoms with Gasteiger partial charge < -0.3 is 24.7 Å². The van der Waals surface area contributed by atoms with Crippen LogP contribution in [0.1, 0.15) is 40.9 Å². The van der Waals surface area contributed by atoms with E-state index >= 15 is 0 Å². The van der Waals surface area contributed by atoms with Crippen LogP contribution in [0, 0.1) is 0 Å². The lowest BCUT2D eigenvalue weighted by Gasteiger charge is -2.23. The van der Waals surface area contributed by atoms with Crippen molar-refractivity contribution in [3.63, 3.8) is 0 Å². The van der Waals surface area contributed by atoms with Gasteiger partial charge in [0, 0.05) is 5.56 Å². The lowest BCUT2D eigenvalue weighted by Crippen LogP contribution is -2.30. The number of aromatic amines is 1. The van der Waals surface area contributed by atoms with Gasteiger partial charge >= 0.3 is 11.9 Å². The second-order valence-electron chi connectivity index (χ2n) is 8.92. The van der Waals surface area contributed by atoms with Crippen LogP contribution in [0.2, 0.25) is 0 Å². The number of aliphatic hydroxyl groups excluding tert-OH is 1. The third-order valence-corrected chi connectivity index (χ3v) is 6.38. The van der Waals surface area contributed by atoms with Crippen LogP contribution in [0.3, 0.4) is 0 Å². The first-order valence-electron chi connectivity index (χ1n) is 12.2. The molecule has 0 bridgehead atoms. The second kappa shape index (κ2) is 10.3. The van der Waals surface area contributed by atoms with E-state index in [9.17, 15) is 24.6 Å². The van der Waals surface area contributed by atoms with Gasteiger partial charge in [0.15, 0.2) is 0 Å². The number of benzene rings is 3. The van der Waals surface area contributed by atoms with Crippen LogP contribution < -0.4 is 14.4 Å². The Bertz CT molecular complexity index is 1640. The summed E-state index contributed by atoms with van der Waals surface area (Å²) in [4.78, 5) is 47.0. The molecule has 0 spiro atoms. The van der Waals surface area contributed by atoms with Gasteiger partial charge in [-0.1, -0.05) is 31.2 Å². The van der Waals surface area contributed by atoms with E-state index in [2.05, 4.69) is 9.97 Å². The van der Waals surface area contributed by atoms with E-state index in [1.165, 1.54) is 30.2 Å². The summed E-state index contributed by atoms with van der Waals surface area (Å²) in [5.74, 6) is -2.25. The molecule has 10 heteroatoms. The largest absolute Gasteiger partial charge is 0.507 e. The molecule has 0 aliphatic carbocycles. The van der Waals surface area contributed by atoms with Crippen molar-refractivity contribution >= 4 is 40.4 Å². The zero-order chi connectivity index (χ0) is 27.7. The lowest BCUT2D eigenvalue weighted by atomic mass is 9.95. The summed E-state index contributed by atoms with van der Waals surface area (Å²) >= 11 is 0. The van der Waals surface area contributed by atoms with Gasteiger partial charge in [0.05, 0.1) is 41.9 Å². The number of fused-ring (bicyclic) bond motifs is 1. The van der Waals surface area contributed by atoms with Crippen molar-refractivity contribution in [1.82, 2.24) is 9.97 Å². The van der Waals surface area contributed by atoms with Crippen LogP contribution in [0.15, 0.2) is 72.3 Å². The van der Waals surface area contributed by atoms with Crippen LogP contribution in [0.5, 0.6) is 11.5 Å². The molecule has 1 fully saturated rings. The summed E-state index contributed by atoms with van der Waals surface area (Å²) in [6, 6.07) is 16.7. The molecule has 2 heterocycles. The van der Waals surface area contributed by atoms with Crippen molar-refractivity contribution in [1.29, 1.82) is 0 Å². The Hall–Kier alpha value is -5.12. The van der Waals surface area contributed by atoms with E-state index < -0.39 is 23.7 Å². The zero-order valence-electron chi connectivity index (χ0n) is 21.2. The first-order chi connectivity index (χ1) is 18.8. The number of nitrogens with zero attached hydrogens (tertiary/aromatic N) is 2. The van der Waals surface area contributed by atoms with E-state index in [1.54, 1.807) is 48.5 Å². The number of amides is 1. The molecular weight excluding hydrogens is 502 g/mol. The van der Waals surface area contributed by atoms with Crippen molar-refractivity contribution in [2.24, 2.45) is 0 Å². The quantitative estimate of drug-likeness (QED) is 0.170. The van der Waals surface area contributed by atoms with Gasteiger partial charge in [-0.25, -0.2) is 9.78 Å². The average molecular weight is 528 g/mol. The zero-order valence-corrected chi connectivity index (χ0v) is 21.2. The number of carbonyl (C=O) groups is 3. The fourth-order valence-corrected chi connectivity index (χ4v) is 4.53. The number of ketones is 1. The second-order valence-corrected chi connectivity index (χ2v) is 8.92. The number of carboxylic acid groups (broad SMARTS) is 1. The van der Waals surface area contributed by atoms with Crippen LogP contribution in [0.4, 0.5) is 5.95 Å². The van der Waals surface area contributed by atoms with Gasteiger partial charge in [-0.15, -0.1) is 0 Å². The van der Waals surface area contributed by atoms with Crippen LogP contribution in [0.25, 0.3) is 16.8 Å². The number of nitrogens with one attached hydrogen (secondary N) is 1. The highest BCUT2D eigenvalue weighted by atomic mass is 16.5.